The molecule has 0 radical (unpaired) electrons. The Balaban J connectivity index is 1.92. The van der Waals surface area contributed by atoms with E-state index in [1.165, 1.54) is 6.20 Å². The van der Waals surface area contributed by atoms with Gasteiger partial charge in [-0.05, 0) is 26.8 Å². The molecular formula is C15H19N7O. The van der Waals surface area contributed by atoms with Crippen molar-refractivity contribution in [2.75, 3.05) is 10.6 Å². The maximum atomic E-state index is 12.5. The lowest BCUT2D eigenvalue weighted by Gasteiger charge is -2.09. The number of aryl methyl sites for hydroxylation is 2. The van der Waals surface area contributed by atoms with E-state index in [0.717, 1.165) is 5.69 Å². The summed E-state index contributed by atoms with van der Waals surface area (Å²) in [6, 6.07) is 3.89. The highest BCUT2D eigenvalue weighted by Crippen LogP contribution is 2.15. The molecule has 0 atom stereocenters. The number of nitrogens with one attached hydrogen (secondary N) is 2. The minimum atomic E-state index is -0.266. The van der Waals surface area contributed by atoms with Gasteiger partial charge in [0.05, 0.1) is 11.9 Å². The summed E-state index contributed by atoms with van der Waals surface area (Å²) in [6.45, 7) is 5.93. The van der Waals surface area contributed by atoms with Crippen LogP contribution in [-0.4, -0.2) is 36.3 Å². The quantitative estimate of drug-likeness (QED) is 0.767. The first kappa shape index (κ1) is 15.0. The molecule has 8 heteroatoms. The summed E-state index contributed by atoms with van der Waals surface area (Å²) in [4.78, 5) is 17.0. The van der Waals surface area contributed by atoms with Crippen molar-refractivity contribution in [3.8, 4) is 0 Å². The van der Waals surface area contributed by atoms with Gasteiger partial charge in [-0.25, -0.2) is 9.50 Å². The van der Waals surface area contributed by atoms with Crippen LogP contribution in [0.15, 0.2) is 24.5 Å². The minimum absolute atomic E-state index is 0.252. The third-order valence-electron chi connectivity index (χ3n) is 3.29. The molecule has 0 bridgehead atoms. The van der Waals surface area contributed by atoms with Crippen molar-refractivity contribution in [2.45, 2.75) is 26.8 Å². The van der Waals surface area contributed by atoms with E-state index >= 15 is 0 Å². The highest BCUT2D eigenvalue weighted by molar-refractivity contribution is 6.07. The van der Waals surface area contributed by atoms with Crippen LogP contribution in [0.5, 0.6) is 0 Å². The normalized spacial score (nSPS) is 11.2. The molecule has 3 heterocycles. The molecule has 0 aliphatic rings. The third-order valence-corrected chi connectivity index (χ3v) is 3.29. The molecule has 23 heavy (non-hydrogen) atoms. The zero-order chi connectivity index (χ0) is 16.6. The van der Waals surface area contributed by atoms with E-state index in [4.69, 9.17) is 0 Å². The Kier molecular flexibility index (Phi) is 3.73. The summed E-state index contributed by atoms with van der Waals surface area (Å²) < 4.78 is 3.20. The highest BCUT2D eigenvalue weighted by Gasteiger charge is 2.16. The standard InChI is InChI=1S/C15H19N7O/c1-9(2)17-12-5-6-22-14(18-12)11(8-16-22)15(23)19-13-7-10(3)20-21(13)4/h5-9H,1-4H3,(H,17,18)(H,19,23). The van der Waals surface area contributed by atoms with Gasteiger partial charge in [0.2, 0.25) is 0 Å². The molecule has 0 saturated heterocycles. The summed E-state index contributed by atoms with van der Waals surface area (Å²) in [5.74, 6) is 1.07. The maximum Gasteiger partial charge on any atom is 0.262 e. The van der Waals surface area contributed by atoms with Crippen LogP contribution in [0.2, 0.25) is 0 Å². The second-order valence-electron chi connectivity index (χ2n) is 5.69. The molecule has 0 unspecified atom stereocenters. The van der Waals surface area contributed by atoms with Crippen molar-refractivity contribution < 1.29 is 4.79 Å². The smallest absolute Gasteiger partial charge is 0.262 e. The van der Waals surface area contributed by atoms with Crippen molar-refractivity contribution in [3.05, 3.63) is 35.8 Å². The summed E-state index contributed by atoms with van der Waals surface area (Å²) in [5, 5.41) is 14.4. The fourth-order valence-electron chi connectivity index (χ4n) is 2.32. The minimum Gasteiger partial charge on any atom is -0.368 e. The SMILES string of the molecule is Cc1cc(NC(=O)c2cnn3ccc(NC(C)C)nc23)n(C)n1. The summed E-state index contributed by atoms with van der Waals surface area (Å²) in [6.07, 6.45) is 3.29. The van der Waals surface area contributed by atoms with Crippen LogP contribution in [0, 0.1) is 6.92 Å². The van der Waals surface area contributed by atoms with E-state index in [2.05, 4.69) is 25.8 Å². The van der Waals surface area contributed by atoms with Gasteiger partial charge in [-0.1, -0.05) is 0 Å². The molecule has 0 fully saturated rings. The number of aromatic nitrogens is 5. The van der Waals surface area contributed by atoms with Gasteiger partial charge >= 0.3 is 0 Å². The molecule has 120 valence electrons. The van der Waals surface area contributed by atoms with Gasteiger partial charge in [0.15, 0.2) is 5.65 Å². The fraction of sp³-hybridized carbons (Fsp3) is 0.333. The number of rotatable bonds is 4. The Bertz CT molecular complexity index is 862. The first-order chi connectivity index (χ1) is 10.9. The predicted molar refractivity (Wildman–Crippen MR) is 87.6 cm³/mol. The van der Waals surface area contributed by atoms with Gasteiger partial charge in [-0.15, -0.1) is 0 Å². The average Bonchev–Trinajstić information content (AvgIpc) is 3.01. The van der Waals surface area contributed by atoms with Crippen molar-refractivity contribution in [3.63, 3.8) is 0 Å². The Morgan fingerprint density at radius 1 is 1.35 bits per heavy atom. The molecule has 1 amide bonds. The average molecular weight is 313 g/mol. The zero-order valence-electron chi connectivity index (χ0n) is 13.5. The molecule has 8 nitrogen and oxygen atoms in total. The van der Waals surface area contributed by atoms with Crippen LogP contribution in [0.1, 0.15) is 29.9 Å². The number of hydrogen-bond acceptors (Lipinski definition) is 5. The first-order valence-corrected chi connectivity index (χ1v) is 7.37. The molecule has 3 aromatic heterocycles. The van der Waals surface area contributed by atoms with E-state index in [1.54, 1.807) is 22.4 Å². The van der Waals surface area contributed by atoms with Crippen molar-refractivity contribution in [2.24, 2.45) is 7.05 Å². The lowest BCUT2D eigenvalue weighted by Crippen LogP contribution is -2.15. The van der Waals surface area contributed by atoms with Gasteiger partial charge in [0.1, 0.15) is 17.2 Å². The van der Waals surface area contributed by atoms with Crippen LogP contribution in [0.4, 0.5) is 11.6 Å². The van der Waals surface area contributed by atoms with Gasteiger partial charge in [-0.3, -0.25) is 9.48 Å². The van der Waals surface area contributed by atoms with E-state index in [9.17, 15) is 4.79 Å². The largest absolute Gasteiger partial charge is 0.368 e. The lowest BCUT2D eigenvalue weighted by molar-refractivity contribution is 0.102. The molecule has 2 N–H and O–H groups in total. The van der Waals surface area contributed by atoms with Gasteiger partial charge in [0, 0.05) is 25.4 Å². The summed E-state index contributed by atoms with van der Waals surface area (Å²) in [7, 11) is 1.78. The number of hydrogen-bond donors (Lipinski definition) is 2. The van der Waals surface area contributed by atoms with E-state index < -0.39 is 0 Å². The van der Waals surface area contributed by atoms with Gasteiger partial charge in [-0.2, -0.15) is 10.2 Å². The predicted octanol–water partition coefficient (Wildman–Crippen LogP) is 1.84. The van der Waals surface area contributed by atoms with Crippen LogP contribution in [0.25, 0.3) is 5.65 Å². The number of carbonyl (C=O) groups excluding carboxylic acids is 1. The summed E-state index contributed by atoms with van der Waals surface area (Å²) in [5.41, 5.74) is 1.76. The molecule has 0 spiro atoms. The number of amides is 1. The lowest BCUT2D eigenvalue weighted by atomic mass is 10.3. The monoisotopic (exact) mass is 313 g/mol. The first-order valence-electron chi connectivity index (χ1n) is 7.37. The van der Waals surface area contributed by atoms with E-state index in [-0.39, 0.29) is 11.9 Å². The number of fused-ring (bicyclic) bond motifs is 1. The topological polar surface area (TPSA) is 89.1 Å². The van der Waals surface area contributed by atoms with Gasteiger partial charge in [0.25, 0.3) is 5.91 Å². The van der Waals surface area contributed by atoms with E-state index in [1.807, 2.05) is 32.9 Å². The molecule has 0 aliphatic carbocycles. The Morgan fingerprint density at radius 3 is 2.78 bits per heavy atom. The number of nitrogens with zero attached hydrogens (tertiary/aromatic N) is 5. The van der Waals surface area contributed by atoms with Gasteiger partial charge < -0.3 is 10.6 Å². The Labute approximate surface area is 133 Å². The highest BCUT2D eigenvalue weighted by atomic mass is 16.1. The zero-order valence-corrected chi connectivity index (χ0v) is 13.5. The third kappa shape index (κ3) is 3.01. The molecule has 3 aromatic rings. The molecule has 0 saturated carbocycles. The van der Waals surface area contributed by atoms with E-state index in [0.29, 0.717) is 22.8 Å². The molecule has 0 aromatic carbocycles. The van der Waals surface area contributed by atoms with Crippen molar-refractivity contribution in [1.82, 2.24) is 24.4 Å². The fourth-order valence-corrected chi connectivity index (χ4v) is 2.32. The molecule has 3 rings (SSSR count). The van der Waals surface area contributed by atoms with Crippen molar-refractivity contribution >= 4 is 23.2 Å². The number of anilines is 2. The van der Waals surface area contributed by atoms with Crippen LogP contribution in [-0.2, 0) is 7.05 Å². The van der Waals surface area contributed by atoms with Crippen molar-refractivity contribution in [1.29, 1.82) is 0 Å². The maximum absolute atomic E-state index is 12.5. The van der Waals surface area contributed by atoms with Crippen LogP contribution < -0.4 is 10.6 Å². The van der Waals surface area contributed by atoms with Crippen LogP contribution >= 0.6 is 0 Å². The Morgan fingerprint density at radius 2 is 2.13 bits per heavy atom. The second kappa shape index (κ2) is 5.71. The Hall–Kier alpha value is -2.90. The molecular weight excluding hydrogens is 294 g/mol. The molecule has 0 aliphatic heterocycles. The van der Waals surface area contributed by atoms with Crippen LogP contribution in [0.3, 0.4) is 0 Å². The summed E-state index contributed by atoms with van der Waals surface area (Å²) >= 11 is 0. The number of carbonyl (C=O) groups is 1. The second-order valence-corrected chi connectivity index (χ2v) is 5.69.